The van der Waals surface area contributed by atoms with E-state index in [4.69, 9.17) is 4.74 Å². The molecule has 0 spiro atoms. The van der Waals surface area contributed by atoms with Crippen molar-refractivity contribution in [2.75, 3.05) is 44.7 Å². The Morgan fingerprint density at radius 2 is 1.77 bits per heavy atom. The minimum atomic E-state index is -0.218. The molecule has 0 bridgehead atoms. The van der Waals surface area contributed by atoms with Gasteiger partial charge in [-0.15, -0.1) is 0 Å². The van der Waals surface area contributed by atoms with Crippen LogP contribution >= 0.6 is 0 Å². The number of methoxy groups -OCH3 is 1. The van der Waals surface area contributed by atoms with Gasteiger partial charge < -0.3 is 19.9 Å². The van der Waals surface area contributed by atoms with Crippen LogP contribution < -0.4 is 15.0 Å². The monoisotopic (exact) mass is 357 g/mol. The highest BCUT2D eigenvalue weighted by molar-refractivity contribution is 5.74. The Morgan fingerprint density at radius 1 is 1.08 bits per heavy atom. The summed E-state index contributed by atoms with van der Waals surface area (Å²) in [6.07, 6.45) is 0.769. The fraction of sp³-hybridized carbons (Fsp3) is 0.350. The molecule has 3 rings (SSSR count). The number of nitrogens with one attached hydrogen (secondary N) is 1. The Labute approximate surface area is 153 Å². The molecule has 6 heteroatoms. The van der Waals surface area contributed by atoms with Gasteiger partial charge >= 0.3 is 6.03 Å². The van der Waals surface area contributed by atoms with Crippen molar-refractivity contribution in [2.24, 2.45) is 0 Å². The zero-order valence-corrected chi connectivity index (χ0v) is 15.0. The van der Waals surface area contributed by atoms with Crippen molar-refractivity contribution >= 4 is 11.7 Å². The summed E-state index contributed by atoms with van der Waals surface area (Å²) in [6.45, 7) is 3.02. The molecule has 138 valence electrons. The fourth-order valence-electron chi connectivity index (χ4n) is 3.08. The van der Waals surface area contributed by atoms with Crippen LogP contribution in [0.25, 0.3) is 0 Å². The van der Waals surface area contributed by atoms with E-state index < -0.39 is 0 Å². The molecule has 0 aromatic heterocycles. The second-order valence-electron chi connectivity index (χ2n) is 6.26. The number of ether oxygens (including phenoxy) is 1. The molecule has 5 nitrogen and oxygen atoms in total. The predicted molar refractivity (Wildman–Crippen MR) is 100 cm³/mol. The lowest BCUT2D eigenvalue weighted by atomic mass is 10.1. The molecule has 1 fully saturated rings. The molecule has 2 aromatic carbocycles. The smallest absolute Gasteiger partial charge is 0.317 e. The maximum Gasteiger partial charge on any atom is 0.317 e. The molecule has 1 heterocycles. The van der Waals surface area contributed by atoms with Crippen LogP contribution in [0.1, 0.15) is 5.56 Å². The second-order valence-corrected chi connectivity index (χ2v) is 6.26. The summed E-state index contributed by atoms with van der Waals surface area (Å²) in [5.41, 5.74) is 1.75. The third-order valence-electron chi connectivity index (χ3n) is 4.61. The van der Waals surface area contributed by atoms with Crippen LogP contribution in [-0.4, -0.2) is 50.8 Å². The number of hydrogen-bond donors (Lipinski definition) is 1. The van der Waals surface area contributed by atoms with Crippen LogP contribution in [0, 0.1) is 5.82 Å². The molecule has 26 heavy (non-hydrogen) atoms. The lowest BCUT2D eigenvalue weighted by Crippen LogP contribution is -2.52. The van der Waals surface area contributed by atoms with E-state index in [1.807, 2.05) is 35.2 Å². The number of para-hydroxylation sites is 1. The molecule has 0 aliphatic carbocycles. The van der Waals surface area contributed by atoms with Gasteiger partial charge in [0.2, 0.25) is 0 Å². The average Bonchev–Trinajstić information content (AvgIpc) is 2.69. The molecule has 1 aliphatic rings. The molecular weight excluding hydrogens is 333 g/mol. The van der Waals surface area contributed by atoms with E-state index in [9.17, 15) is 9.18 Å². The maximum atomic E-state index is 13.9. The van der Waals surface area contributed by atoms with Gasteiger partial charge in [-0.1, -0.05) is 24.3 Å². The Kier molecular flexibility index (Phi) is 5.94. The summed E-state index contributed by atoms with van der Waals surface area (Å²) in [5, 5.41) is 2.96. The summed E-state index contributed by atoms with van der Waals surface area (Å²) in [6, 6.07) is 14.5. The SMILES string of the molecule is COc1ccc(CCNC(=O)N2CCN(c3ccccc3F)CC2)cc1. The first-order valence-electron chi connectivity index (χ1n) is 8.82. The Balaban J connectivity index is 1.43. The van der Waals surface area contributed by atoms with E-state index in [1.54, 1.807) is 24.1 Å². The van der Waals surface area contributed by atoms with Gasteiger partial charge in [-0.3, -0.25) is 0 Å². The molecule has 1 aliphatic heterocycles. The summed E-state index contributed by atoms with van der Waals surface area (Å²) in [7, 11) is 1.64. The van der Waals surface area contributed by atoms with Gasteiger partial charge in [0, 0.05) is 32.7 Å². The first-order valence-corrected chi connectivity index (χ1v) is 8.82. The summed E-state index contributed by atoms with van der Waals surface area (Å²) in [5.74, 6) is 0.607. The van der Waals surface area contributed by atoms with Crippen LogP contribution in [0.15, 0.2) is 48.5 Å². The first kappa shape index (κ1) is 18.0. The molecule has 0 saturated carbocycles. The van der Waals surface area contributed by atoms with Crippen molar-refractivity contribution in [2.45, 2.75) is 6.42 Å². The highest BCUT2D eigenvalue weighted by Crippen LogP contribution is 2.20. The minimum absolute atomic E-state index is 0.0632. The van der Waals surface area contributed by atoms with Crippen LogP contribution in [0.4, 0.5) is 14.9 Å². The van der Waals surface area contributed by atoms with Crippen molar-refractivity contribution in [3.05, 3.63) is 59.9 Å². The van der Waals surface area contributed by atoms with Crippen LogP contribution in [0.3, 0.4) is 0 Å². The summed E-state index contributed by atoms with van der Waals surface area (Å²) >= 11 is 0. The maximum absolute atomic E-state index is 13.9. The number of nitrogens with zero attached hydrogens (tertiary/aromatic N) is 2. The van der Waals surface area contributed by atoms with Crippen molar-refractivity contribution in [1.82, 2.24) is 10.2 Å². The Morgan fingerprint density at radius 3 is 2.42 bits per heavy atom. The Bertz CT molecular complexity index is 728. The normalized spacial score (nSPS) is 14.2. The molecule has 0 unspecified atom stereocenters. The number of urea groups is 1. The number of halogens is 1. The quantitative estimate of drug-likeness (QED) is 0.895. The average molecular weight is 357 g/mol. The van der Waals surface area contributed by atoms with Gasteiger partial charge in [0.1, 0.15) is 11.6 Å². The van der Waals surface area contributed by atoms with E-state index in [-0.39, 0.29) is 11.8 Å². The molecule has 2 aromatic rings. The van der Waals surface area contributed by atoms with Gasteiger partial charge in [0.25, 0.3) is 0 Å². The van der Waals surface area contributed by atoms with Crippen molar-refractivity contribution in [3.8, 4) is 5.75 Å². The number of hydrogen-bond acceptors (Lipinski definition) is 3. The molecule has 1 saturated heterocycles. The molecule has 0 atom stereocenters. The summed E-state index contributed by atoms with van der Waals surface area (Å²) < 4.78 is 19.0. The van der Waals surface area contributed by atoms with E-state index in [2.05, 4.69) is 5.32 Å². The molecular formula is C20H24FN3O2. The number of carbonyl (C=O) groups excluding carboxylic acids is 1. The van der Waals surface area contributed by atoms with Crippen LogP contribution in [-0.2, 0) is 6.42 Å². The molecule has 0 radical (unpaired) electrons. The Hall–Kier alpha value is -2.76. The van der Waals surface area contributed by atoms with E-state index >= 15 is 0 Å². The van der Waals surface area contributed by atoms with E-state index in [0.717, 1.165) is 17.7 Å². The fourth-order valence-corrected chi connectivity index (χ4v) is 3.08. The van der Waals surface area contributed by atoms with E-state index in [1.165, 1.54) is 6.07 Å². The lowest BCUT2D eigenvalue weighted by molar-refractivity contribution is 0.194. The number of piperazine rings is 1. The third kappa shape index (κ3) is 4.45. The highest BCUT2D eigenvalue weighted by Gasteiger charge is 2.22. The minimum Gasteiger partial charge on any atom is -0.497 e. The first-order chi connectivity index (χ1) is 12.7. The van der Waals surface area contributed by atoms with Crippen molar-refractivity contribution < 1.29 is 13.9 Å². The van der Waals surface area contributed by atoms with Gasteiger partial charge in [0.05, 0.1) is 12.8 Å². The molecule has 1 N–H and O–H groups in total. The van der Waals surface area contributed by atoms with Gasteiger partial charge in [-0.2, -0.15) is 0 Å². The number of rotatable bonds is 5. The zero-order chi connectivity index (χ0) is 18.4. The lowest BCUT2D eigenvalue weighted by Gasteiger charge is -2.36. The van der Waals surface area contributed by atoms with Gasteiger partial charge in [0.15, 0.2) is 0 Å². The number of carbonyl (C=O) groups is 1. The van der Waals surface area contributed by atoms with E-state index in [0.29, 0.717) is 38.4 Å². The topological polar surface area (TPSA) is 44.8 Å². The number of benzene rings is 2. The second kappa shape index (κ2) is 8.56. The van der Waals surface area contributed by atoms with Gasteiger partial charge in [-0.25, -0.2) is 9.18 Å². The highest BCUT2D eigenvalue weighted by atomic mass is 19.1. The molecule has 2 amide bonds. The van der Waals surface area contributed by atoms with Crippen LogP contribution in [0.5, 0.6) is 5.75 Å². The van der Waals surface area contributed by atoms with Crippen LogP contribution in [0.2, 0.25) is 0 Å². The number of amides is 2. The third-order valence-corrected chi connectivity index (χ3v) is 4.61. The number of anilines is 1. The largest absolute Gasteiger partial charge is 0.497 e. The zero-order valence-electron chi connectivity index (χ0n) is 15.0. The standard InChI is InChI=1S/C20H24FN3O2/c1-26-17-8-6-16(7-9-17)10-11-22-20(25)24-14-12-23(13-15-24)19-5-3-2-4-18(19)21/h2-9H,10-15H2,1H3,(H,22,25). The predicted octanol–water partition coefficient (Wildman–Crippen LogP) is 2.91. The van der Waals surface area contributed by atoms with Crippen molar-refractivity contribution in [1.29, 1.82) is 0 Å². The van der Waals surface area contributed by atoms with Gasteiger partial charge in [-0.05, 0) is 36.2 Å². The summed E-state index contributed by atoms with van der Waals surface area (Å²) in [4.78, 5) is 16.1. The van der Waals surface area contributed by atoms with Crippen molar-refractivity contribution in [3.63, 3.8) is 0 Å².